The maximum absolute atomic E-state index is 11.7. The van der Waals surface area contributed by atoms with E-state index < -0.39 is 23.4 Å². The first kappa shape index (κ1) is 17.4. The SMILES string of the molecule is CCCCC(=O)OCC(=O)Nc1cc([N+](=O)[O-])ccc1OC. The van der Waals surface area contributed by atoms with Crippen molar-refractivity contribution in [2.24, 2.45) is 0 Å². The van der Waals surface area contributed by atoms with Gasteiger partial charge >= 0.3 is 5.97 Å². The van der Waals surface area contributed by atoms with Crippen molar-refractivity contribution in [3.05, 3.63) is 28.3 Å². The summed E-state index contributed by atoms with van der Waals surface area (Å²) in [5.74, 6) is -0.775. The number of hydrogen-bond donors (Lipinski definition) is 1. The molecule has 0 spiro atoms. The van der Waals surface area contributed by atoms with E-state index in [4.69, 9.17) is 9.47 Å². The molecule has 0 atom stereocenters. The van der Waals surface area contributed by atoms with Gasteiger partial charge in [0.15, 0.2) is 6.61 Å². The number of nitro benzene ring substituents is 1. The largest absolute Gasteiger partial charge is 0.495 e. The highest BCUT2D eigenvalue weighted by molar-refractivity contribution is 5.94. The number of nitrogens with zero attached hydrogens (tertiary/aromatic N) is 1. The second kappa shape index (κ2) is 8.60. The number of anilines is 1. The van der Waals surface area contributed by atoms with E-state index in [1.54, 1.807) is 0 Å². The standard InChI is InChI=1S/C14H18N2O6/c1-3-4-5-14(18)22-9-13(17)15-11-8-10(16(19)20)6-7-12(11)21-2/h6-8H,3-5,9H2,1-2H3,(H,15,17). The lowest BCUT2D eigenvalue weighted by molar-refractivity contribution is -0.384. The van der Waals surface area contributed by atoms with E-state index in [2.05, 4.69) is 5.32 Å². The van der Waals surface area contributed by atoms with E-state index in [1.807, 2.05) is 6.92 Å². The highest BCUT2D eigenvalue weighted by Crippen LogP contribution is 2.28. The summed E-state index contributed by atoms with van der Waals surface area (Å²) in [5.41, 5.74) is -0.0395. The van der Waals surface area contributed by atoms with Crippen LogP contribution in [0.3, 0.4) is 0 Å². The average Bonchev–Trinajstić information content (AvgIpc) is 2.50. The number of methoxy groups -OCH3 is 1. The van der Waals surface area contributed by atoms with Gasteiger partial charge in [-0.3, -0.25) is 19.7 Å². The van der Waals surface area contributed by atoms with Gasteiger partial charge < -0.3 is 14.8 Å². The molecule has 0 radical (unpaired) electrons. The maximum Gasteiger partial charge on any atom is 0.306 e. The molecule has 8 nitrogen and oxygen atoms in total. The summed E-state index contributed by atoms with van der Waals surface area (Å²) < 4.78 is 9.82. The summed E-state index contributed by atoms with van der Waals surface area (Å²) in [6.45, 7) is 1.49. The summed E-state index contributed by atoms with van der Waals surface area (Å²) in [6, 6.07) is 3.82. The molecular formula is C14H18N2O6. The highest BCUT2D eigenvalue weighted by Gasteiger charge is 2.14. The smallest absolute Gasteiger partial charge is 0.306 e. The summed E-state index contributed by atoms with van der Waals surface area (Å²) in [7, 11) is 1.38. The molecule has 0 heterocycles. The Balaban J connectivity index is 2.65. The van der Waals surface area contributed by atoms with Gasteiger partial charge in [0.2, 0.25) is 0 Å². The van der Waals surface area contributed by atoms with Crippen LogP contribution in [-0.2, 0) is 14.3 Å². The number of carbonyl (C=O) groups is 2. The zero-order valence-electron chi connectivity index (χ0n) is 12.5. The first-order chi connectivity index (χ1) is 10.5. The van der Waals surface area contributed by atoms with Crippen molar-refractivity contribution in [1.29, 1.82) is 0 Å². The molecule has 1 rings (SSSR count). The lowest BCUT2D eigenvalue weighted by Gasteiger charge is -2.10. The predicted octanol–water partition coefficient (Wildman–Crippen LogP) is 2.28. The number of nitrogens with one attached hydrogen (secondary N) is 1. The number of hydrogen-bond acceptors (Lipinski definition) is 6. The van der Waals surface area contributed by atoms with Crippen molar-refractivity contribution >= 4 is 23.3 Å². The van der Waals surface area contributed by atoms with Crippen LogP contribution in [-0.4, -0.2) is 30.5 Å². The fourth-order valence-corrected chi connectivity index (χ4v) is 1.63. The first-order valence-corrected chi connectivity index (χ1v) is 6.75. The molecule has 120 valence electrons. The van der Waals surface area contributed by atoms with E-state index in [1.165, 1.54) is 25.3 Å². The maximum atomic E-state index is 11.7. The summed E-state index contributed by atoms with van der Waals surface area (Å²) in [5, 5.41) is 13.2. The molecule has 0 unspecified atom stereocenters. The number of ether oxygens (including phenoxy) is 2. The summed E-state index contributed by atoms with van der Waals surface area (Å²) >= 11 is 0. The molecule has 1 aromatic carbocycles. The summed E-state index contributed by atoms with van der Waals surface area (Å²) in [6.07, 6.45) is 1.80. The quantitative estimate of drug-likeness (QED) is 0.448. The molecule has 8 heteroatoms. The molecule has 0 aliphatic rings. The minimum absolute atomic E-state index is 0.145. The van der Waals surface area contributed by atoms with Crippen molar-refractivity contribution in [3.8, 4) is 5.75 Å². The molecular weight excluding hydrogens is 292 g/mol. The third-order valence-electron chi connectivity index (χ3n) is 2.77. The van der Waals surface area contributed by atoms with Gasteiger partial charge in [0.25, 0.3) is 11.6 Å². The van der Waals surface area contributed by atoms with Crippen LogP contribution in [0.5, 0.6) is 5.75 Å². The molecule has 0 saturated carbocycles. The van der Waals surface area contributed by atoms with Gasteiger partial charge in [-0.15, -0.1) is 0 Å². The first-order valence-electron chi connectivity index (χ1n) is 6.75. The molecule has 0 fully saturated rings. The number of carbonyl (C=O) groups excluding carboxylic acids is 2. The van der Waals surface area contributed by atoms with Gasteiger partial charge in [-0.1, -0.05) is 13.3 Å². The Morgan fingerprint density at radius 3 is 2.68 bits per heavy atom. The average molecular weight is 310 g/mol. The minimum Gasteiger partial charge on any atom is -0.495 e. The lowest BCUT2D eigenvalue weighted by atomic mass is 10.2. The zero-order chi connectivity index (χ0) is 16.5. The van der Waals surface area contributed by atoms with E-state index in [9.17, 15) is 19.7 Å². The van der Waals surface area contributed by atoms with Crippen molar-refractivity contribution in [2.45, 2.75) is 26.2 Å². The van der Waals surface area contributed by atoms with E-state index in [0.29, 0.717) is 6.42 Å². The Morgan fingerprint density at radius 1 is 1.36 bits per heavy atom. The number of amides is 1. The normalized spacial score (nSPS) is 9.91. The van der Waals surface area contributed by atoms with Crippen LogP contribution in [0.25, 0.3) is 0 Å². The zero-order valence-corrected chi connectivity index (χ0v) is 12.5. The number of rotatable bonds is 8. The topological polar surface area (TPSA) is 108 Å². The Bertz CT molecular complexity index is 558. The van der Waals surface area contributed by atoms with E-state index in [0.717, 1.165) is 6.42 Å². The van der Waals surface area contributed by atoms with Gasteiger partial charge in [0.05, 0.1) is 17.7 Å². The van der Waals surface area contributed by atoms with Gasteiger partial charge in [-0.05, 0) is 12.5 Å². The van der Waals surface area contributed by atoms with Crippen LogP contribution in [0, 0.1) is 10.1 Å². The Morgan fingerprint density at radius 2 is 2.09 bits per heavy atom. The van der Waals surface area contributed by atoms with Gasteiger partial charge in [0, 0.05) is 18.6 Å². The third kappa shape index (κ3) is 5.39. The number of non-ortho nitro benzene ring substituents is 1. The van der Waals surface area contributed by atoms with Crippen LogP contribution in [0.4, 0.5) is 11.4 Å². The molecule has 1 aromatic rings. The van der Waals surface area contributed by atoms with Crippen LogP contribution >= 0.6 is 0 Å². The highest BCUT2D eigenvalue weighted by atomic mass is 16.6. The molecule has 22 heavy (non-hydrogen) atoms. The Hall–Kier alpha value is -2.64. The molecule has 0 aliphatic carbocycles. The van der Waals surface area contributed by atoms with Gasteiger partial charge in [-0.2, -0.15) is 0 Å². The van der Waals surface area contributed by atoms with E-state index >= 15 is 0 Å². The predicted molar refractivity (Wildman–Crippen MR) is 78.8 cm³/mol. The fourth-order valence-electron chi connectivity index (χ4n) is 1.63. The second-order valence-electron chi connectivity index (χ2n) is 4.45. The number of nitro groups is 1. The fraction of sp³-hybridized carbons (Fsp3) is 0.429. The molecule has 1 amide bonds. The Kier molecular flexibility index (Phi) is 6.81. The van der Waals surface area contributed by atoms with Crippen LogP contribution in [0.2, 0.25) is 0 Å². The molecule has 0 bridgehead atoms. The van der Waals surface area contributed by atoms with Crippen LogP contribution in [0.15, 0.2) is 18.2 Å². The molecule has 0 saturated heterocycles. The monoisotopic (exact) mass is 310 g/mol. The van der Waals surface area contributed by atoms with E-state index in [-0.39, 0.29) is 23.5 Å². The summed E-state index contributed by atoms with van der Waals surface area (Å²) in [4.78, 5) is 33.2. The number of benzene rings is 1. The van der Waals surface area contributed by atoms with Crippen molar-refractivity contribution in [2.75, 3.05) is 19.0 Å². The van der Waals surface area contributed by atoms with Crippen molar-refractivity contribution in [1.82, 2.24) is 0 Å². The van der Waals surface area contributed by atoms with Crippen LogP contribution < -0.4 is 10.1 Å². The van der Waals surface area contributed by atoms with Gasteiger partial charge in [-0.25, -0.2) is 0 Å². The second-order valence-corrected chi connectivity index (χ2v) is 4.45. The molecule has 0 aromatic heterocycles. The van der Waals surface area contributed by atoms with Crippen molar-refractivity contribution in [3.63, 3.8) is 0 Å². The third-order valence-corrected chi connectivity index (χ3v) is 2.77. The number of unbranched alkanes of at least 4 members (excludes halogenated alkanes) is 1. The van der Waals surface area contributed by atoms with Gasteiger partial charge in [0.1, 0.15) is 5.75 Å². The molecule has 1 N–H and O–H groups in total. The molecule has 0 aliphatic heterocycles. The van der Waals surface area contributed by atoms with Crippen molar-refractivity contribution < 1.29 is 24.0 Å². The Labute approximate surface area is 127 Å². The lowest BCUT2D eigenvalue weighted by Crippen LogP contribution is -2.21. The number of esters is 1. The van der Waals surface area contributed by atoms with Crippen LogP contribution in [0.1, 0.15) is 26.2 Å². The minimum atomic E-state index is -0.594.